The number of nitrogen functional groups attached to an aromatic ring is 1. The van der Waals surface area contributed by atoms with Crippen LogP contribution < -0.4 is 16.4 Å². The van der Waals surface area contributed by atoms with E-state index in [2.05, 4.69) is 25.7 Å². The highest BCUT2D eigenvalue weighted by atomic mass is 35.5. The Labute approximate surface area is 209 Å². The number of aromatic nitrogens is 4. The van der Waals surface area contributed by atoms with Gasteiger partial charge >= 0.3 is 12.2 Å². The largest absolute Gasteiger partial charge is 0.443 e. The minimum absolute atomic E-state index is 0.0791. The Kier molecular flexibility index (Phi) is 5.91. The summed E-state index contributed by atoms with van der Waals surface area (Å²) in [4.78, 5) is 20.4. The molecule has 9 nitrogen and oxygen atoms in total. The molecule has 0 fully saturated rings. The molecule has 0 aliphatic heterocycles. The van der Waals surface area contributed by atoms with Crippen LogP contribution in [0.4, 0.5) is 39.5 Å². The first-order chi connectivity index (χ1) is 17.6. The molecule has 0 saturated heterocycles. The van der Waals surface area contributed by atoms with Gasteiger partial charge in [0.25, 0.3) is 0 Å². The summed E-state index contributed by atoms with van der Waals surface area (Å²) in [6.07, 6.45) is 1.05. The van der Waals surface area contributed by atoms with Crippen molar-refractivity contribution in [3.05, 3.63) is 77.9 Å². The summed E-state index contributed by atoms with van der Waals surface area (Å²) in [5.41, 5.74) is 6.68. The highest BCUT2D eigenvalue weighted by Gasteiger charge is 2.31. The number of benzene rings is 2. The van der Waals surface area contributed by atoms with Crippen LogP contribution in [-0.2, 0) is 6.18 Å². The molecule has 0 aliphatic carbocycles. The molecule has 0 bridgehead atoms. The molecule has 0 saturated carbocycles. The average Bonchev–Trinajstić information content (AvgIpc) is 3.50. The first kappa shape index (κ1) is 24.1. The minimum atomic E-state index is -4.71. The molecule has 14 heteroatoms. The fraction of sp³-hybridized carbons (Fsp3) is 0.0435. The van der Waals surface area contributed by atoms with E-state index in [1.54, 1.807) is 12.3 Å². The van der Waals surface area contributed by atoms with E-state index in [1.807, 2.05) is 0 Å². The Bertz CT molecular complexity index is 1630. The number of alkyl halides is 3. The van der Waals surface area contributed by atoms with Crippen LogP contribution in [0, 0.1) is 5.82 Å². The summed E-state index contributed by atoms with van der Waals surface area (Å²) >= 11 is 6.41. The molecule has 4 N–H and O–H groups in total. The van der Waals surface area contributed by atoms with Crippen LogP contribution in [0.1, 0.15) is 5.56 Å². The Morgan fingerprint density at radius 1 is 1.11 bits per heavy atom. The lowest BCUT2D eigenvalue weighted by atomic mass is 10.0. The predicted octanol–water partition coefficient (Wildman–Crippen LogP) is 6.09. The molecule has 37 heavy (non-hydrogen) atoms. The van der Waals surface area contributed by atoms with E-state index in [0.717, 1.165) is 0 Å². The zero-order valence-corrected chi connectivity index (χ0v) is 19.1. The smallest absolute Gasteiger partial charge is 0.416 e. The number of nitrogens with zero attached hydrogens (tertiary/aromatic N) is 4. The van der Waals surface area contributed by atoms with Gasteiger partial charge < -0.3 is 20.8 Å². The lowest BCUT2D eigenvalue weighted by Crippen LogP contribution is -2.21. The lowest BCUT2D eigenvalue weighted by molar-refractivity contribution is -0.137. The number of hydrogen-bond donors (Lipinski definition) is 3. The lowest BCUT2D eigenvalue weighted by Gasteiger charge is -2.13. The topological polar surface area (TPSA) is 123 Å². The molecule has 0 spiro atoms. The van der Waals surface area contributed by atoms with E-state index in [0.29, 0.717) is 46.2 Å². The number of anilines is 3. The Morgan fingerprint density at radius 3 is 2.59 bits per heavy atom. The summed E-state index contributed by atoms with van der Waals surface area (Å²) in [7, 11) is 0. The third kappa shape index (κ3) is 4.63. The second-order valence-corrected chi connectivity index (χ2v) is 8.10. The number of nitrogens with one attached hydrogen (secondary N) is 2. The van der Waals surface area contributed by atoms with Gasteiger partial charge in [-0.15, -0.1) is 0 Å². The molecule has 2 aromatic carbocycles. The van der Waals surface area contributed by atoms with Crippen LogP contribution in [0.15, 0.2) is 65.9 Å². The molecule has 0 unspecified atom stereocenters. The molecule has 0 radical (unpaired) electrons. The van der Waals surface area contributed by atoms with Crippen molar-refractivity contribution in [3.63, 3.8) is 0 Å². The molecule has 3 aromatic heterocycles. The molecule has 188 valence electrons. The van der Waals surface area contributed by atoms with E-state index >= 15 is 0 Å². The summed E-state index contributed by atoms with van der Waals surface area (Å²) < 4.78 is 59.8. The number of rotatable bonds is 4. The second-order valence-electron chi connectivity index (χ2n) is 7.69. The van der Waals surface area contributed by atoms with Gasteiger partial charge in [0.1, 0.15) is 17.7 Å². The van der Waals surface area contributed by atoms with Gasteiger partial charge in [0.2, 0.25) is 0 Å². The number of hydrogen-bond acceptors (Lipinski definition) is 6. The summed E-state index contributed by atoms with van der Waals surface area (Å²) in [5, 5.41) is 8.70. The van der Waals surface area contributed by atoms with E-state index < -0.39 is 29.3 Å². The van der Waals surface area contributed by atoms with Gasteiger partial charge in [-0.25, -0.2) is 23.7 Å². The van der Waals surface area contributed by atoms with Crippen molar-refractivity contribution >= 4 is 40.3 Å². The Morgan fingerprint density at radius 2 is 1.89 bits per heavy atom. The number of oxazole rings is 1. The summed E-state index contributed by atoms with van der Waals surface area (Å²) in [5.74, 6) is -0.415. The quantitative estimate of drug-likeness (QED) is 0.241. The fourth-order valence-electron chi connectivity index (χ4n) is 3.71. The normalized spacial score (nSPS) is 11.6. The summed E-state index contributed by atoms with van der Waals surface area (Å²) in [6, 6.07) is 5.30. The predicted molar refractivity (Wildman–Crippen MR) is 127 cm³/mol. The van der Waals surface area contributed by atoms with Crippen LogP contribution in [0.25, 0.3) is 28.0 Å². The maximum atomic E-state index is 14.0. The zero-order chi connectivity index (χ0) is 26.3. The molecule has 5 aromatic rings. The Balaban J connectivity index is 1.46. The van der Waals surface area contributed by atoms with Crippen molar-refractivity contribution in [2.75, 3.05) is 16.4 Å². The SMILES string of the molecule is Nc1ncnn2cc(-c3cnco3)c(-c3ccc(NC(=O)Nc4cc(C(F)(F)F)ccc4F)c(Cl)c3)c12. The Hall–Kier alpha value is -4.65. The molecular formula is C23H14ClF4N7O2. The zero-order valence-electron chi connectivity index (χ0n) is 18.3. The van der Waals surface area contributed by atoms with Crippen LogP contribution in [-0.4, -0.2) is 25.6 Å². The van der Waals surface area contributed by atoms with Gasteiger partial charge in [-0.1, -0.05) is 17.7 Å². The van der Waals surface area contributed by atoms with Crippen molar-refractivity contribution in [1.29, 1.82) is 0 Å². The molecule has 5 rings (SSSR count). The van der Waals surface area contributed by atoms with E-state index in [9.17, 15) is 22.4 Å². The number of carbonyl (C=O) groups is 1. The second kappa shape index (κ2) is 9.09. The maximum Gasteiger partial charge on any atom is 0.416 e. The standard InChI is InChI=1S/C23H14ClF4N7O2/c24-14-5-11(19-13(18-7-30-10-37-18)8-35-20(19)21(29)31-9-32-35)1-4-16(14)33-22(36)34-17-6-12(23(26,27)28)2-3-15(17)25/h1-10H,(H2,29,31,32)(H2,33,34,36). The number of fused-ring (bicyclic) bond motifs is 1. The number of carbonyl (C=O) groups excluding carboxylic acids is 1. The van der Waals surface area contributed by atoms with Gasteiger partial charge in [0.05, 0.1) is 28.2 Å². The highest BCUT2D eigenvalue weighted by molar-refractivity contribution is 6.34. The van der Waals surface area contributed by atoms with Crippen LogP contribution in [0.2, 0.25) is 5.02 Å². The molecule has 0 atom stereocenters. The van der Waals surface area contributed by atoms with Crippen LogP contribution in [0.3, 0.4) is 0 Å². The first-order valence-corrected chi connectivity index (χ1v) is 10.7. The number of nitrogens with two attached hydrogens (primary N) is 1. The maximum absolute atomic E-state index is 14.0. The van der Waals surface area contributed by atoms with Crippen molar-refractivity contribution in [1.82, 2.24) is 19.6 Å². The summed E-state index contributed by atoms with van der Waals surface area (Å²) in [6.45, 7) is 0. The highest BCUT2D eigenvalue weighted by Crippen LogP contribution is 2.40. The molecular weight excluding hydrogens is 518 g/mol. The average molecular weight is 532 g/mol. The van der Waals surface area contributed by atoms with Gasteiger partial charge in [0, 0.05) is 17.3 Å². The van der Waals surface area contributed by atoms with Crippen LogP contribution in [0.5, 0.6) is 0 Å². The van der Waals surface area contributed by atoms with Crippen molar-refractivity contribution < 1.29 is 26.8 Å². The first-order valence-electron chi connectivity index (χ1n) is 10.4. The number of halogens is 5. The monoisotopic (exact) mass is 531 g/mol. The van der Waals surface area contributed by atoms with Crippen molar-refractivity contribution in [2.45, 2.75) is 6.18 Å². The van der Waals surface area contributed by atoms with Gasteiger partial charge in [0.15, 0.2) is 18.0 Å². The van der Waals surface area contributed by atoms with Gasteiger partial charge in [-0.2, -0.15) is 18.3 Å². The van der Waals surface area contributed by atoms with Gasteiger partial charge in [-0.3, -0.25) is 0 Å². The molecule has 2 amide bonds. The van der Waals surface area contributed by atoms with Crippen molar-refractivity contribution in [3.8, 4) is 22.5 Å². The third-order valence-corrected chi connectivity index (χ3v) is 5.66. The van der Waals surface area contributed by atoms with E-state index in [-0.39, 0.29) is 16.5 Å². The minimum Gasteiger partial charge on any atom is -0.443 e. The molecule has 3 heterocycles. The van der Waals surface area contributed by atoms with Crippen LogP contribution >= 0.6 is 11.6 Å². The third-order valence-electron chi connectivity index (χ3n) is 5.35. The van der Waals surface area contributed by atoms with E-state index in [4.69, 9.17) is 21.8 Å². The van der Waals surface area contributed by atoms with Crippen molar-refractivity contribution in [2.24, 2.45) is 0 Å². The fourth-order valence-corrected chi connectivity index (χ4v) is 3.94. The number of urea groups is 1. The van der Waals surface area contributed by atoms with Gasteiger partial charge in [-0.05, 0) is 35.9 Å². The number of amides is 2. The van der Waals surface area contributed by atoms with E-state index in [1.165, 1.54) is 35.6 Å². The molecule has 0 aliphatic rings.